The van der Waals surface area contributed by atoms with Crippen molar-refractivity contribution in [2.45, 2.75) is 37.8 Å². The smallest absolute Gasteiger partial charge is 0.323 e. The van der Waals surface area contributed by atoms with Crippen LogP contribution in [0.15, 0.2) is 71.6 Å². The minimum Gasteiger partial charge on any atom is -0.486 e. The molecular weight excluding hydrogens is 563 g/mol. The average molecular weight is 599 g/mol. The average Bonchev–Trinajstić information content (AvgIpc) is 2.96. The number of carbonyl (C=O) groups excluding carboxylic acids is 2. The van der Waals surface area contributed by atoms with Gasteiger partial charge < -0.3 is 25.4 Å². The molecule has 10 nitrogen and oxygen atoms in total. The summed E-state index contributed by atoms with van der Waals surface area (Å²) in [5.74, 6) is -1.15. The van der Waals surface area contributed by atoms with Gasteiger partial charge in [-0.3, -0.25) is 4.79 Å². The molecular formula is C30H35FN4O6S. The number of aliphatic hydroxyl groups excluding tert-OH is 1. The molecule has 3 aromatic rings. The van der Waals surface area contributed by atoms with E-state index in [0.29, 0.717) is 5.69 Å². The number of fused-ring (bicyclic) bond motifs is 1. The standard InChI is InChI=1S/C30H35FN4O6S/c1-19-8-14-24(15-9-19)42(39,40)34(4)17-27-20(2)16-35(21(3)18-36)29(37)25-6-5-7-26(28(25)41-27)33-30(38)32-23-12-10-22(31)11-13-23/h5-15,20-21,27,36H,16-18H2,1-4H3,(H2,32,33,38)/t20-,21+,27+/m1/s1. The number of para-hydroxylation sites is 1. The summed E-state index contributed by atoms with van der Waals surface area (Å²) in [6.45, 7) is 5.29. The van der Waals surface area contributed by atoms with Crippen molar-refractivity contribution in [3.63, 3.8) is 0 Å². The van der Waals surface area contributed by atoms with E-state index in [9.17, 15) is 27.5 Å². The third-order valence-electron chi connectivity index (χ3n) is 7.21. The number of ether oxygens (including phenoxy) is 1. The Labute approximate surface area is 245 Å². The summed E-state index contributed by atoms with van der Waals surface area (Å²) in [4.78, 5) is 28.2. The Morgan fingerprint density at radius 2 is 1.79 bits per heavy atom. The Kier molecular flexibility index (Phi) is 9.50. The number of hydrogen-bond acceptors (Lipinski definition) is 6. The van der Waals surface area contributed by atoms with Crippen LogP contribution in [-0.2, 0) is 10.0 Å². The lowest BCUT2D eigenvalue weighted by Gasteiger charge is -2.38. The number of aryl methyl sites for hydroxylation is 1. The van der Waals surface area contributed by atoms with Crippen LogP contribution in [0, 0.1) is 18.7 Å². The summed E-state index contributed by atoms with van der Waals surface area (Å²) in [5.41, 5.74) is 1.61. The first-order chi connectivity index (χ1) is 19.9. The van der Waals surface area contributed by atoms with Gasteiger partial charge in [-0.2, -0.15) is 4.31 Å². The maximum Gasteiger partial charge on any atom is 0.323 e. The van der Waals surface area contributed by atoms with E-state index in [1.54, 1.807) is 49.4 Å². The van der Waals surface area contributed by atoms with E-state index in [1.165, 1.54) is 40.5 Å². The van der Waals surface area contributed by atoms with Crippen LogP contribution < -0.4 is 15.4 Å². The molecule has 3 aromatic carbocycles. The van der Waals surface area contributed by atoms with Crippen molar-refractivity contribution >= 4 is 33.3 Å². The molecule has 0 spiro atoms. The van der Waals surface area contributed by atoms with Gasteiger partial charge in [-0.25, -0.2) is 17.6 Å². The van der Waals surface area contributed by atoms with Crippen molar-refractivity contribution in [2.75, 3.05) is 37.4 Å². The maximum absolute atomic E-state index is 13.7. The quantitative estimate of drug-likeness (QED) is 0.354. The minimum absolute atomic E-state index is 0.0531. The van der Waals surface area contributed by atoms with Crippen LogP contribution in [0.2, 0.25) is 0 Å². The highest BCUT2D eigenvalue weighted by atomic mass is 32.2. The number of benzene rings is 3. The Bertz CT molecular complexity index is 1530. The van der Waals surface area contributed by atoms with E-state index in [1.807, 2.05) is 13.8 Å². The second-order valence-corrected chi connectivity index (χ2v) is 12.5. The van der Waals surface area contributed by atoms with Gasteiger partial charge in [0.25, 0.3) is 5.91 Å². The van der Waals surface area contributed by atoms with Gasteiger partial charge in [0.15, 0.2) is 5.75 Å². The molecule has 0 saturated carbocycles. The highest BCUT2D eigenvalue weighted by Gasteiger charge is 2.36. The molecule has 12 heteroatoms. The summed E-state index contributed by atoms with van der Waals surface area (Å²) < 4.78 is 47.7. The predicted molar refractivity (Wildman–Crippen MR) is 158 cm³/mol. The molecule has 3 N–H and O–H groups in total. The van der Waals surface area contributed by atoms with E-state index in [0.717, 1.165) is 5.56 Å². The van der Waals surface area contributed by atoms with E-state index >= 15 is 0 Å². The minimum atomic E-state index is -3.86. The molecule has 42 heavy (non-hydrogen) atoms. The molecule has 224 valence electrons. The molecule has 1 heterocycles. The zero-order valence-electron chi connectivity index (χ0n) is 23.9. The van der Waals surface area contributed by atoms with Gasteiger partial charge >= 0.3 is 6.03 Å². The molecule has 4 rings (SSSR count). The Hall–Kier alpha value is -4.00. The van der Waals surface area contributed by atoms with E-state index in [2.05, 4.69) is 10.6 Å². The van der Waals surface area contributed by atoms with Gasteiger partial charge in [-0.05, 0) is 62.4 Å². The molecule has 1 aliphatic heterocycles. The van der Waals surface area contributed by atoms with E-state index < -0.39 is 39.9 Å². The largest absolute Gasteiger partial charge is 0.486 e. The first-order valence-corrected chi connectivity index (χ1v) is 14.9. The predicted octanol–water partition coefficient (Wildman–Crippen LogP) is 4.32. The lowest BCUT2D eigenvalue weighted by Crippen LogP contribution is -2.50. The second-order valence-electron chi connectivity index (χ2n) is 10.5. The number of nitrogens with one attached hydrogen (secondary N) is 2. The fourth-order valence-corrected chi connectivity index (χ4v) is 5.80. The molecule has 0 aliphatic carbocycles. The summed E-state index contributed by atoms with van der Waals surface area (Å²) >= 11 is 0. The lowest BCUT2D eigenvalue weighted by molar-refractivity contribution is 0.0389. The van der Waals surface area contributed by atoms with Crippen LogP contribution in [0.4, 0.5) is 20.6 Å². The molecule has 0 radical (unpaired) electrons. The fraction of sp³-hybridized carbons (Fsp3) is 0.333. The number of carbonyl (C=O) groups is 2. The summed E-state index contributed by atoms with van der Waals surface area (Å²) in [5, 5.41) is 15.2. The normalized spacial score (nSPS) is 18.0. The molecule has 0 saturated heterocycles. The zero-order valence-corrected chi connectivity index (χ0v) is 24.7. The highest BCUT2D eigenvalue weighted by molar-refractivity contribution is 7.89. The van der Waals surface area contributed by atoms with Gasteiger partial charge in [0.05, 0.1) is 35.3 Å². The number of rotatable bonds is 8. The number of urea groups is 1. The Morgan fingerprint density at radius 1 is 1.12 bits per heavy atom. The molecule has 0 unspecified atom stereocenters. The lowest BCUT2D eigenvalue weighted by atomic mass is 9.99. The number of amides is 3. The van der Waals surface area contributed by atoms with Crippen LogP contribution in [0.3, 0.4) is 0 Å². The molecule has 0 aromatic heterocycles. The third-order valence-corrected chi connectivity index (χ3v) is 9.05. The van der Waals surface area contributed by atoms with Gasteiger partial charge in [0.1, 0.15) is 11.9 Å². The zero-order chi connectivity index (χ0) is 30.6. The van der Waals surface area contributed by atoms with Crippen LogP contribution in [0.25, 0.3) is 0 Å². The van der Waals surface area contributed by atoms with Crippen molar-refractivity contribution in [3.05, 3.63) is 83.7 Å². The second kappa shape index (κ2) is 12.9. The molecule has 3 amide bonds. The van der Waals surface area contributed by atoms with Crippen LogP contribution in [0.1, 0.15) is 29.8 Å². The third kappa shape index (κ3) is 6.89. The van der Waals surface area contributed by atoms with Crippen molar-refractivity contribution in [1.29, 1.82) is 0 Å². The maximum atomic E-state index is 13.7. The fourth-order valence-electron chi connectivity index (χ4n) is 4.62. The van der Waals surface area contributed by atoms with Gasteiger partial charge in [0, 0.05) is 25.2 Å². The van der Waals surface area contributed by atoms with E-state index in [4.69, 9.17) is 4.74 Å². The molecule has 0 fully saturated rings. The molecule has 3 atom stereocenters. The molecule has 1 aliphatic rings. The SMILES string of the molecule is Cc1ccc(S(=O)(=O)N(C)C[C@@H]2Oc3c(NC(=O)Nc4ccc(F)cc4)cccc3C(=O)N([C@@H](C)CO)C[C@H]2C)cc1. The van der Waals surface area contributed by atoms with Crippen LogP contribution >= 0.6 is 0 Å². The number of nitrogens with zero attached hydrogens (tertiary/aromatic N) is 2. The topological polar surface area (TPSA) is 128 Å². The first kappa shape index (κ1) is 30.9. The number of aliphatic hydroxyl groups is 1. The number of likely N-dealkylation sites (N-methyl/N-ethyl adjacent to an activating group) is 1. The summed E-state index contributed by atoms with van der Waals surface area (Å²) in [6.07, 6.45) is -0.737. The van der Waals surface area contributed by atoms with Crippen LogP contribution in [0.5, 0.6) is 5.75 Å². The molecule has 0 bridgehead atoms. The number of hydrogen-bond donors (Lipinski definition) is 3. The summed E-state index contributed by atoms with van der Waals surface area (Å²) in [6, 6.07) is 15.3. The van der Waals surface area contributed by atoms with Crippen molar-refractivity contribution in [3.8, 4) is 5.75 Å². The number of sulfonamides is 1. The van der Waals surface area contributed by atoms with Crippen molar-refractivity contribution < 1.29 is 32.2 Å². The Balaban J connectivity index is 1.68. The highest BCUT2D eigenvalue weighted by Crippen LogP contribution is 2.35. The number of anilines is 2. The van der Waals surface area contributed by atoms with Gasteiger partial charge in [-0.1, -0.05) is 30.7 Å². The van der Waals surface area contributed by atoms with Gasteiger partial charge in [0.2, 0.25) is 10.0 Å². The van der Waals surface area contributed by atoms with Crippen LogP contribution in [-0.4, -0.2) is 73.6 Å². The Morgan fingerprint density at radius 3 is 2.43 bits per heavy atom. The van der Waals surface area contributed by atoms with E-state index in [-0.39, 0.29) is 47.5 Å². The summed E-state index contributed by atoms with van der Waals surface area (Å²) in [7, 11) is -2.40. The van der Waals surface area contributed by atoms with Crippen molar-refractivity contribution in [1.82, 2.24) is 9.21 Å². The van der Waals surface area contributed by atoms with Crippen molar-refractivity contribution in [2.24, 2.45) is 5.92 Å². The first-order valence-electron chi connectivity index (χ1n) is 13.5. The monoisotopic (exact) mass is 598 g/mol. The van der Waals surface area contributed by atoms with Gasteiger partial charge in [-0.15, -0.1) is 0 Å². The number of halogens is 1.